The smallest absolute Gasteiger partial charge is 0.272 e. The third-order valence-electron chi connectivity index (χ3n) is 9.54. The normalized spacial score (nSPS) is 12.2. The van der Waals surface area contributed by atoms with Gasteiger partial charge in [-0.25, -0.2) is 4.68 Å². The van der Waals surface area contributed by atoms with Gasteiger partial charge in [0, 0.05) is 35.8 Å². The molecule has 274 valence electrons. The quantitative estimate of drug-likeness (QED) is 0.188. The molecule has 7 aromatic rings. The molecule has 1 aliphatic rings. The summed E-state index contributed by atoms with van der Waals surface area (Å²) in [4.78, 5) is 23.5. The molecule has 0 fully saturated rings. The van der Waals surface area contributed by atoms with Gasteiger partial charge < -0.3 is 24.3 Å². The first kappa shape index (κ1) is 34.4. The number of nitrogens with one attached hydrogen (secondary N) is 1. The number of hydrogen-bond acceptors (Lipinski definition) is 10. The topological polar surface area (TPSA) is 145 Å². The molecule has 14 heteroatoms. The first-order valence-electron chi connectivity index (χ1n) is 17.5. The fourth-order valence-electron chi connectivity index (χ4n) is 6.75. The van der Waals surface area contributed by atoms with Crippen LogP contribution in [0.1, 0.15) is 44.1 Å². The van der Waals surface area contributed by atoms with E-state index < -0.39 is 0 Å². The number of methoxy groups -OCH3 is 3. The Morgan fingerprint density at radius 3 is 2.44 bits per heavy atom. The lowest BCUT2D eigenvalue weighted by Gasteiger charge is -2.11. The number of aryl methyl sites for hydroxylation is 4. The average molecular weight is 726 g/mol. The summed E-state index contributed by atoms with van der Waals surface area (Å²) in [6.45, 7) is 5.36. The van der Waals surface area contributed by atoms with Gasteiger partial charge in [0.1, 0.15) is 35.2 Å². The maximum atomic E-state index is 13.9. The lowest BCUT2D eigenvalue weighted by molar-refractivity contribution is 0.0947. The zero-order valence-electron chi connectivity index (χ0n) is 30.7. The van der Waals surface area contributed by atoms with Gasteiger partial charge in [0.15, 0.2) is 17.3 Å². The van der Waals surface area contributed by atoms with E-state index in [9.17, 15) is 4.79 Å². The summed E-state index contributed by atoms with van der Waals surface area (Å²) >= 11 is 0. The zero-order valence-corrected chi connectivity index (χ0v) is 30.7. The molecule has 5 heterocycles. The predicted octanol–water partition coefficient (Wildman–Crippen LogP) is 5.63. The van der Waals surface area contributed by atoms with Crippen LogP contribution in [0, 0.1) is 13.8 Å². The van der Waals surface area contributed by atoms with E-state index in [2.05, 4.69) is 22.4 Å². The second-order valence-corrected chi connectivity index (χ2v) is 13.0. The number of carbonyl (C=O) groups is 1. The molecule has 1 aliphatic heterocycles. The molecule has 0 saturated carbocycles. The second-order valence-electron chi connectivity index (χ2n) is 13.0. The molecule has 0 radical (unpaired) electrons. The van der Waals surface area contributed by atoms with E-state index in [1.165, 1.54) is 0 Å². The number of ether oxygens (including phenoxy) is 4. The van der Waals surface area contributed by atoms with E-state index in [0.29, 0.717) is 65.8 Å². The van der Waals surface area contributed by atoms with Crippen molar-refractivity contribution in [3.8, 4) is 40.5 Å². The van der Waals surface area contributed by atoms with E-state index in [1.54, 1.807) is 38.3 Å². The van der Waals surface area contributed by atoms with Crippen molar-refractivity contribution in [1.82, 2.24) is 44.6 Å². The summed E-state index contributed by atoms with van der Waals surface area (Å²) in [5.41, 5.74) is 6.98. The highest BCUT2D eigenvalue weighted by Crippen LogP contribution is 2.36. The van der Waals surface area contributed by atoms with Crippen LogP contribution < -0.4 is 24.3 Å². The Morgan fingerprint density at radius 2 is 1.65 bits per heavy atom. The first-order chi connectivity index (χ1) is 26.3. The third kappa shape index (κ3) is 6.46. The van der Waals surface area contributed by atoms with Gasteiger partial charge in [0.2, 0.25) is 0 Å². The van der Waals surface area contributed by atoms with Gasteiger partial charge in [0.05, 0.1) is 39.6 Å². The zero-order chi connectivity index (χ0) is 37.3. The molecular weight excluding hydrogens is 686 g/mol. The number of carbonyl (C=O) groups excluding carboxylic acids is 1. The largest absolute Gasteiger partial charge is 0.497 e. The standard InChI is InChI=1S/C40H39N9O5/c1-24-17-32-33(21-41-24)49(45-35(32)39(50)42-20-28-11-13-31(52-4)19-34(28)53-5)40-43-38-36-37(54-23-26-9-7-6-8-10-26)25(2)44-47(36)16-15-27-18-30(51-3)14-12-29(27)22-48(38)46-40/h6-14,17-19,21H,15-16,20,22-23H2,1-5H3,(H,42,50). The predicted molar refractivity (Wildman–Crippen MR) is 200 cm³/mol. The van der Waals surface area contributed by atoms with Crippen molar-refractivity contribution in [3.05, 3.63) is 118 Å². The Balaban J connectivity index is 1.22. The van der Waals surface area contributed by atoms with Crippen LogP contribution in [0.2, 0.25) is 0 Å². The summed E-state index contributed by atoms with van der Waals surface area (Å²) in [5.74, 6) is 3.11. The van der Waals surface area contributed by atoms with Crippen LogP contribution >= 0.6 is 0 Å². The van der Waals surface area contributed by atoms with E-state index >= 15 is 0 Å². The molecule has 0 unspecified atom stereocenters. The number of fused-ring (bicyclic) bond motifs is 5. The van der Waals surface area contributed by atoms with Crippen LogP contribution in [0.4, 0.5) is 0 Å². The molecule has 0 saturated heterocycles. The highest BCUT2D eigenvalue weighted by atomic mass is 16.5. The van der Waals surface area contributed by atoms with Crippen LogP contribution in [-0.4, -0.2) is 66.5 Å². The summed E-state index contributed by atoms with van der Waals surface area (Å²) in [6, 6.07) is 23.4. The van der Waals surface area contributed by atoms with Gasteiger partial charge in [-0.2, -0.15) is 19.9 Å². The van der Waals surface area contributed by atoms with Crippen molar-refractivity contribution in [2.24, 2.45) is 0 Å². The Bertz CT molecular complexity index is 2500. The minimum atomic E-state index is -0.371. The van der Waals surface area contributed by atoms with Gasteiger partial charge in [-0.1, -0.05) is 36.4 Å². The molecule has 1 N–H and O–H groups in total. The molecule has 0 atom stereocenters. The van der Waals surface area contributed by atoms with E-state index in [4.69, 9.17) is 39.2 Å². The molecule has 4 aromatic heterocycles. The number of hydrogen-bond donors (Lipinski definition) is 1. The number of pyridine rings is 1. The van der Waals surface area contributed by atoms with E-state index in [0.717, 1.165) is 39.4 Å². The van der Waals surface area contributed by atoms with E-state index in [-0.39, 0.29) is 24.1 Å². The summed E-state index contributed by atoms with van der Waals surface area (Å²) in [7, 11) is 4.84. The monoisotopic (exact) mass is 725 g/mol. The molecule has 0 spiro atoms. The minimum Gasteiger partial charge on any atom is -0.497 e. The number of benzene rings is 3. The number of rotatable bonds is 10. The Labute approximate surface area is 311 Å². The van der Waals surface area contributed by atoms with Crippen LogP contribution in [0.3, 0.4) is 0 Å². The van der Waals surface area contributed by atoms with Crippen LogP contribution in [0.25, 0.3) is 28.4 Å². The van der Waals surface area contributed by atoms with Crippen molar-refractivity contribution in [2.75, 3.05) is 21.3 Å². The van der Waals surface area contributed by atoms with Crippen LogP contribution in [0.5, 0.6) is 23.0 Å². The van der Waals surface area contributed by atoms with Crippen molar-refractivity contribution < 1.29 is 23.7 Å². The van der Waals surface area contributed by atoms with Crippen LogP contribution in [0.15, 0.2) is 79.0 Å². The molecule has 8 rings (SSSR count). The third-order valence-corrected chi connectivity index (χ3v) is 9.54. The number of aromatic nitrogens is 8. The summed E-state index contributed by atoms with van der Waals surface area (Å²) in [5, 5.41) is 18.4. The van der Waals surface area contributed by atoms with Gasteiger partial charge in [-0.05, 0) is 67.3 Å². The summed E-state index contributed by atoms with van der Waals surface area (Å²) in [6.07, 6.45) is 2.40. The number of amides is 1. The van der Waals surface area contributed by atoms with Gasteiger partial charge in [-0.15, -0.1) is 5.10 Å². The van der Waals surface area contributed by atoms with Crippen molar-refractivity contribution in [3.63, 3.8) is 0 Å². The van der Waals surface area contributed by atoms with E-state index in [1.807, 2.05) is 77.8 Å². The maximum absolute atomic E-state index is 13.9. The van der Waals surface area contributed by atoms with Crippen molar-refractivity contribution in [2.45, 2.75) is 46.5 Å². The van der Waals surface area contributed by atoms with Crippen LogP contribution in [-0.2, 0) is 32.7 Å². The highest BCUT2D eigenvalue weighted by Gasteiger charge is 2.29. The lowest BCUT2D eigenvalue weighted by Crippen LogP contribution is -2.24. The van der Waals surface area contributed by atoms with Gasteiger partial charge >= 0.3 is 0 Å². The minimum absolute atomic E-state index is 0.209. The van der Waals surface area contributed by atoms with Gasteiger partial charge in [0.25, 0.3) is 11.9 Å². The Kier molecular flexibility index (Phi) is 9.15. The molecular formula is C40H39N9O5. The second kappa shape index (κ2) is 14.4. The SMILES string of the molecule is COc1ccc2c(c1)CCn1nc(C)c(OCc3ccccc3)c1-c1nc(-n3nc(C(=O)NCc4ccc(OC)cc4OC)c4cc(C)ncc43)nn1C2. The average Bonchev–Trinajstić information content (AvgIpc) is 3.88. The van der Waals surface area contributed by atoms with Crippen molar-refractivity contribution in [1.29, 1.82) is 0 Å². The Hall–Kier alpha value is -6.70. The highest BCUT2D eigenvalue weighted by molar-refractivity contribution is 6.05. The first-order valence-corrected chi connectivity index (χ1v) is 17.5. The summed E-state index contributed by atoms with van der Waals surface area (Å²) < 4.78 is 28.3. The fourth-order valence-corrected chi connectivity index (χ4v) is 6.75. The van der Waals surface area contributed by atoms with Gasteiger partial charge in [-0.3, -0.25) is 14.5 Å². The molecule has 0 aliphatic carbocycles. The molecule has 0 bridgehead atoms. The molecule has 3 aromatic carbocycles. The number of nitrogens with zero attached hydrogens (tertiary/aromatic N) is 8. The maximum Gasteiger partial charge on any atom is 0.272 e. The lowest BCUT2D eigenvalue weighted by atomic mass is 10.0. The molecule has 54 heavy (non-hydrogen) atoms. The Morgan fingerprint density at radius 1 is 0.852 bits per heavy atom. The molecule has 14 nitrogen and oxygen atoms in total. The molecule has 1 amide bonds. The van der Waals surface area contributed by atoms with Crippen molar-refractivity contribution >= 4 is 16.8 Å². The fraction of sp³-hybridized carbons (Fsp3) is 0.250.